The lowest BCUT2D eigenvalue weighted by Crippen LogP contribution is -2.28. The summed E-state index contributed by atoms with van der Waals surface area (Å²) in [6.45, 7) is 2.26. The highest BCUT2D eigenvalue weighted by Gasteiger charge is 2.15. The van der Waals surface area contributed by atoms with Crippen LogP contribution in [-0.4, -0.2) is 23.5 Å². The van der Waals surface area contributed by atoms with Gasteiger partial charge >= 0.3 is 5.97 Å². The molecule has 0 aromatic carbocycles. The highest BCUT2D eigenvalue weighted by Crippen LogP contribution is 2.20. The molecule has 1 amide bonds. The Morgan fingerprint density at radius 1 is 1.56 bits per heavy atom. The minimum atomic E-state index is -0.833. The maximum absolute atomic E-state index is 11.6. The maximum atomic E-state index is 11.6. The van der Waals surface area contributed by atoms with Crippen molar-refractivity contribution in [3.05, 3.63) is 22.4 Å². The summed E-state index contributed by atoms with van der Waals surface area (Å²) in [6, 6.07) is 3.83. The first kappa shape index (κ1) is 12.7. The van der Waals surface area contributed by atoms with E-state index in [1.165, 1.54) is 0 Å². The second-order valence-corrected chi connectivity index (χ2v) is 4.50. The molecule has 16 heavy (non-hydrogen) atoms. The zero-order chi connectivity index (χ0) is 12.0. The molecule has 0 saturated heterocycles. The number of nitrogens with one attached hydrogen (secondary N) is 1. The molecular formula is C11H15NO3S. The van der Waals surface area contributed by atoms with Gasteiger partial charge in [-0.25, -0.2) is 0 Å². The van der Waals surface area contributed by atoms with E-state index in [0.29, 0.717) is 13.0 Å². The van der Waals surface area contributed by atoms with Crippen molar-refractivity contribution < 1.29 is 14.7 Å². The molecule has 0 aliphatic rings. The summed E-state index contributed by atoms with van der Waals surface area (Å²) < 4.78 is 0. The Hall–Kier alpha value is -1.36. The van der Waals surface area contributed by atoms with E-state index in [-0.39, 0.29) is 18.2 Å². The van der Waals surface area contributed by atoms with Crippen molar-refractivity contribution in [2.75, 3.05) is 6.54 Å². The fraction of sp³-hybridized carbons (Fsp3) is 0.455. The summed E-state index contributed by atoms with van der Waals surface area (Å²) in [5.74, 6) is -1.04. The third-order valence-corrected chi connectivity index (χ3v) is 3.28. The number of aliphatic carboxylic acids is 1. The Bertz CT molecular complexity index is 348. The molecule has 0 aliphatic carbocycles. The highest BCUT2D eigenvalue weighted by molar-refractivity contribution is 7.10. The number of hydrogen-bond donors (Lipinski definition) is 2. The Morgan fingerprint density at radius 2 is 2.31 bits per heavy atom. The van der Waals surface area contributed by atoms with Crippen LogP contribution in [0.5, 0.6) is 0 Å². The van der Waals surface area contributed by atoms with E-state index in [4.69, 9.17) is 5.11 Å². The molecule has 0 fully saturated rings. The predicted molar refractivity (Wildman–Crippen MR) is 62.6 cm³/mol. The topological polar surface area (TPSA) is 66.4 Å². The number of thiophene rings is 1. The van der Waals surface area contributed by atoms with Gasteiger partial charge in [-0.05, 0) is 24.8 Å². The molecule has 1 atom stereocenters. The summed E-state index contributed by atoms with van der Waals surface area (Å²) in [5.41, 5.74) is 0. The van der Waals surface area contributed by atoms with E-state index < -0.39 is 5.97 Å². The van der Waals surface area contributed by atoms with Gasteiger partial charge in [0.2, 0.25) is 5.91 Å². The molecular weight excluding hydrogens is 226 g/mol. The molecule has 1 aromatic rings. The van der Waals surface area contributed by atoms with Gasteiger partial charge in [0.1, 0.15) is 0 Å². The van der Waals surface area contributed by atoms with Crippen LogP contribution in [-0.2, 0) is 9.59 Å². The molecule has 0 radical (unpaired) electrons. The van der Waals surface area contributed by atoms with Crippen LogP contribution in [0.1, 0.15) is 30.6 Å². The van der Waals surface area contributed by atoms with Crippen LogP contribution in [0.2, 0.25) is 0 Å². The number of amides is 1. The van der Waals surface area contributed by atoms with E-state index in [9.17, 15) is 9.59 Å². The zero-order valence-electron chi connectivity index (χ0n) is 9.10. The lowest BCUT2D eigenvalue weighted by atomic mass is 10.1. The highest BCUT2D eigenvalue weighted by atomic mass is 32.1. The third-order valence-electron chi connectivity index (χ3n) is 2.23. The number of carboxylic acid groups (broad SMARTS) is 1. The van der Waals surface area contributed by atoms with Crippen LogP contribution >= 0.6 is 11.3 Å². The zero-order valence-corrected chi connectivity index (χ0v) is 9.92. The smallest absolute Gasteiger partial charge is 0.303 e. The van der Waals surface area contributed by atoms with Crippen molar-refractivity contribution in [2.24, 2.45) is 0 Å². The van der Waals surface area contributed by atoms with Gasteiger partial charge in [-0.15, -0.1) is 11.3 Å². The first-order valence-corrected chi connectivity index (χ1v) is 6.02. The molecule has 1 aromatic heterocycles. The summed E-state index contributed by atoms with van der Waals surface area (Å²) in [4.78, 5) is 22.9. The Balaban J connectivity index is 2.27. The maximum Gasteiger partial charge on any atom is 0.303 e. The van der Waals surface area contributed by atoms with E-state index in [0.717, 1.165) is 4.88 Å². The van der Waals surface area contributed by atoms with Crippen LogP contribution in [0.3, 0.4) is 0 Å². The summed E-state index contributed by atoms with van der Waals surface area (Å²) in [7, 11) is 0. The average molecular weight is 241 g/mol. The third kappa shape index (κ3) is 4.02. The number of carboxylic acids is 1. The van der Waals surface area contributed by atoms with Crippen LogP contribution in [0.25, 0.3) is 0 Å². The molecule has 2 N–H and O–H groups in total. The van der Waals surface area contributed by atoms with Gasteiger partial charge in [-0.2, -0.15) is 0 Å². The number of rotatable bonds is 6. The Labute approximate surface area is 98.3 Å². The molecule has 0 bridgehead atoms. The average Bonchev–Trinajstić information content (AvgIpc) is 2.76. The van der Waals surface area contributed by atoms with Crippen LogP contribution in [0, 0.1) is 0 Å². The van der Waals surface area contributed by atoms with Gasteiger partial charge < -0.3 is 10.4 Å². The Kier molecular flexibility index (Phi) is 4.98. The molecule has 5 heteroatoms. The monoisotopic (exact) mass is 241 g/mol. The number of carbonyl (C=O) groups is 2. The fourth-order valence-electron chi connectivity index (χ4n) is 1.27. The SMILES string of the molecule is CC(C(=O)NCCCC(=O)O)c1cccs1. The quantitative estimate of drug-likeness (QED) is 0.747. The van der Waals surface area contributed by atoms with Crippen molar-refractivity contribution in [2.45, 2.75) is 25.7 Å². The number of hydrogen-bond acceptors (Lipinski definition) is 3. The van der Waals surface area contributed by atoms with Crippen LogP contribution in [0.4, 0.5) is 0 Å². The van der Waals surface area contributed by atoms with Gasteiger partial charge in [-0.1, -0.05) is 6.07 Å². The second-order valence-electron chi connectivity index (χ2n) is 3.53. The molecule has 88 valence electrons. The molecule has 1 rings (SSSR count). The van der Waals surface area contributed by atoms with E-state index >= 15 is 0 Å². The minimum absolute atomic E-state index is 0.0483. The van der Waals surface area contributed by atoms with Crippen molar-refractivity contribution >= 4 is 23.2 Å². The molecule has 1 unspecified atom stereocenters. The van der Waals surface area contributed by atoms with Gasteiger partial charge in [0.15, 0.2) is 0 Å². The molecule has 4 nitrogen and oxygen atoms in total. The van der Waals surface area contributed by atoms with Gasteiger partial charge in [0.25, 0.3) is 0 Å². The summed E-state index contributed by atoms with van der Waals surface area (Å²) >= 11 is 1.55. The molecule has 1 heterocycles. The van der Waals surface area contributed by atoms with Crippen molar-refractivity contribution in [3.8, 4) is 0 Å². The fourth-order valence-corrected chi connectivity index (χ4v) is 2.05. The first-order chi connectivity index (χ1) is 7.61. The van der Waals surface area contributed by atoms with E-state index in [1.54, 1.807) is 11.3 Å². The van der Waals surface area contributed by atoms with E-state index in [1.807, 2.05) is 24.4 Å². The van der Waals surface area contributed by atoms with Gasteiger partial charge in [0.05, 0.1) is 5.92 Å². The normalized spacial score (nSPS) is 12.1. The second kappa shape index (κ2) is 6.27. The Morgan fingerprint density at radius 3 is 2.88 bits per heavy atom. The van der Waals surface area contributed by atoms with Gasteiger partial charge in [0, 0.05) is 17.8 Å². The van der Waals surface area contributed by atoms with Crippen LogP contribution < -0.4 is 5.32 Å². The lowest BCUT2D eigenvalue weighted by molar-refractivity contribution is -0.137. The summed E-state index contributed by atoms with van der Waals surface area (Å²) in [5, 5.41) is 13.1. The summed E-state index contributed by atoms with van der Waals surface area (Å²) in [6.07, 6.45) is 0.561. The largest absolute Gasteiger partial charge is 0.481 e. The minimum Gasteiger partial charge on any atom is -0.481 e. The van der Waals surface area contributed by atoms with Crippen molar-refractivity contribution in [3.63, 3.8) is 0 Å². The molecule has 0 aliphatic heterocycles. The number of carbonyl (C=O) groups excluding carboxylic acids is 1. The molecule has 0 saturated carbocycles. The van der Waals surface area contributed by atoms with Gasteiger partial charge in [-0.3, -0.25) is 9.59 Å². The molecule has 0 spiro atoms. The van der Waals surface area contributed by atoms with Crippen molar-refractivity contribution in [1.29, 1.82) is 0 Å². The first-order valence-electron chi connectivity index (χ1n) is 5.14. The predicted octanol–water partition coefficient (Wildman–Crippen LogP) is 1.83. The van der Waals surface area contributed by atoms with E-state index in [2.05, 4.69) is 5.32 Å². The standard InChI is InChI=1S/C11H15NO3S/c1-8(9-4-3-7-16-9)11(15)12-6-2-5-10(13)14/h3-4,7-8H,2,5-6H2,1H3,(H,12,15)(H,13,14). The lowest BCUT2D eigenvalue weighted by Gasteiger charge is -2.09. The van der Waals surface area contributed by atoms with Crippen molar-refractivity contribution in [1.82, 2.24) is 5.32 Å². The van der Waals surface area contributed by atoms with Crippen LogP contribution in [0.15, 0.2) is 17.5 Å².